The average molecular weight is 461 g/mol. The van der Waals surface area contributed by atoms with Gasteiger partial charge in [0.15, 0.2) is 12.0 Å². The lowest BCUT2D eigenvalue weighted by Crippen LogP contribution is -2.29. The van der Waals surface area contributed by atoms with Crippen LogP contribution in [0.4, 0.5) is 5.69 Å². The minimum Gasteiger partial charge on any atom is -0.484 e. The molecule has 2 N–H and O–H groups in total. The van der Waals surface area contributed by atoms with Crippen molar-refractivity contribution in [1.82, 2.24) is 0 Å². The van der Waals surface area contributed by atoms with Gasteiger partial charge in [-0.1, -0.05) is 41.9 Å². The number of rotatable bonds is 5. The highest BCUT2D eigenvalue weighted by Gasteiger charge is 2.43. The van der Waals surface area contributed by atoms with E-state index in [9.17, 15) is 14.4 Å². The highest BCUT2D eigenvalue weighted by atomic mass is 35.5. The molecule has 1 unspecified atom stereocenters. The third-order valence-electron chi connectivity index (χ3n) is 5.44. The minimum absolute atomic E-state index is 0.00210. The maximum absolute atomic E-state index is 13.5. The Morgan fingerprint density at radius 2 is 1.76 bits per heavy atom. The fourth-order valence-electron chi connectivity index (χ4n) is 4.02. The summed E-state index contributed by atoms with van der Waals surface area (Å²) in [5.41, 5.74) is 6.64. The molecule has 2 heterocycles. The first-order valence-electron chi connectivity index (χ1n) is 10.1. The van der Waals surface area contributed by atoms with Gasteiger partial charge in [0.25, 0.3) is 11.8 Å². The van der Waals surface area contributed by atoms with E-state index in [0.717, 1.165) is 0 Å². The van der Waals surface area contributed by atoms with Crippen molar-refractivity contribution in [3.05, 3.63) is 105 Å². The zero-order valence-corrected chi connectivity index (χ0v) is 17.9. The number of nitrogens with zero attached hydrogens (tertiary/aromatic N) is 1. The van der Waals surface area contributed by atoms with E-state index in [-0.39, 0.29) is 23.4 Å². The molecule has 0 aliphatic carbocycles. The minimum atomic E-state index is -0.722. The average Bonchev–Trinajstić information content (AvgIpc) is 3.11. The lowest BCUT2D eigenvalue weighted by molar-refractivity contribution is -0.119. The van der Waals surface area contributed by atoms with E-state index in [1.807, 2.05) is 18.2 Å². The number of carbonyl (C=O) groups excluding carboxylic acids is 2. The van der Waals surface area contributed by atoms with E-state index >= 15 is 0 Å². The summed E-state index contributed by atoms with van der Waals surface area (Å²) in [5.74, 6) is -0.569. The summed E-state index contributed by atoms with van der Waals surface area (Å²) in [5, 5.41) is 0.696. The molecule has 2 amide bonds. The van der Waals surface area contributed by atoms with Crippen LogP contribution in [-0.4, -0.2) is 18.4 Å². The van der Waals surface area contributed by atoms with Crippen molar-refractivity contribution in [2.24, 2.45) is 5.73 Å². The number of amides is 2. The van der Waals surface area contributed by atoms with Gasteiger partial charge < -0.3 is 14.9 Å². The molecule has 7 nitrogen and oxygen atoms in total. The molecule has 3 aromatic carbocycles. The van der Waals surface area contributed by atoms with E-state index in [4.69, 9.17) is 26.5 Å². The number of benzene rings is 3. The molecular formula is C25H17ClN2O5. The third-order valence-corrected chi connectivity index (χ3v) is 5.68. The first kappa shape index (κ1) is 20.8. The van der Waals surface area contributed by atoms with Gasteiger partial charge in [0, 0.05) is 10.7 Å². The molecule has 164 valence electrons. The SMILES string of the molecule is NC(=O)COc1ccc(C2c3c(oc4ccc(Cl)cc4c3=O)C(=O)N2c2ccccc2)cc1. The maximum atomic E-state index is 13.5. The van der Waals surface area contributed by atoms with Crippen molar-refractivity contribution in [3.8, 4) is 5.75 Å². The van der Waals surface area contributed by atoms with Crippen LogP contribution in [0.1, 0.15) is 27.7 Å². The number of primary amides is 1. The Morgan fingerprint density at radius 1 is 1.03 bits per heavy atom. The number of para-hydroxylation sites is 1. The van der Waals surface area contributed by atoms with Gasteiger partial charge in [-0.15, -0.1) is 0 Å². The van der Waals surface area contributed by atoms with Crippen LogP contribution in [0.2, 0.25) is 5.02 Å². The van der Waals surface area contributed by atoms with Crippen molar-refractivity contribution < 1.29 is 18.7 Å². The number of ether oxygens (including phenoxy) is 1. The van der Waals surface area contributed by atoms with Crippen LogP contribution in [0.5, 0.6) is 5.75 Å². The van der Waals surface area contributed by atoms with Crippen molar-refractivity contribution >= 4 is 40.1 Å². The lowest BCUT2D eigenvalue weighted by Gasteiger charge is -2.25. The second kappa shape index (κ2) is 8.11. The molecule has 1 aliphatic rings. The summed E-state index contributed by atoms with van der Waals surface area (Å²) in [6, 6.07) is 19.9. The van der Waals surface area contributed by atoms with Gasteiger partial charge in [-0.05, 0) is 48.0 Å². The first-order valence-corrected chi connectivity index (χ1v) is 10.5. The Kier molecular flexibility index (Phi) is 5.11. The van der Waals surface area contributed by atoms with E-state index in [0.29, 0.717) is 33.0 Å². The van der Waals surface area contributed by atoms with E-state index in [2.05, 4.69) is 0 Å². The van der Waals surface area contributed by atoms with Gasteiger partial charge in [0.05, 0.1) is 17.0 Å². The van der Waals surface area contributed by atoms with Gasteiger partial charge in [0.1, 0.15) is 11.3 Å². The number of nitrogens with two attached hydrogens (primary N) is 1. The van der Waals surface area contributed by atoms with Crippen LogP contribution >= 0.6 is 11.6 Å². The number of fused-ring (bicyclic) bond motifs is 2. The second-order valence-corrected chi connectivity index (χ2v) is 7.99. The second-order valence-electron chi connectivity index (χ2n) is 7.55. The molecule has 1 atom stereocenters. The number of anilines is 1. The molecule has 1 aliphatic heterocycles. The van der Waals surface area contributed by atoms with E-state index in [1.165, 1.54) is 11.0 Å². The van der Waals surface area contributed by atoms with E-state index in [1.54, 1.807) is 48.5 Å². The fourth-order valence-corrected chi connectivity index (χ4v) is 4.19. The normalized spacial score (nSPS) is 15.0. The first-order chi connectivity index (χ1) is 15.9. The van der Waals surface area contributed by atoms with Crippen molar-refractivity contribution in [3.63, 3.8) is 0 Å². The largest absolute Gasteiger partial charge is 0.484 e. The molecule has 0 saturated heterocycles. The number of hydrogen-bond acceptors (Lipinski definition) is 5. The smallest absolute Gasteiger partial charge is 0.295 e. The van der Waals surface area contributed by atoms with Gasteiger partial charge in [0.2, 0.25) is 5.76 Å². The fraction of sp³-hybridized carbons (Fsp3) is 0.0800. The quantitative estimate of drug-likeness (QED) is 0.483. The number of hydrogen-bond donors (Lipinski definition) is 1. The summed E-state index contributed by atoms with van der Waals surface area (Å²) in [4.78, 5) is 39.6. The monoisotopic (exact) mass is 460 g/mol. The summed E-state index contributed by atoms with van der Waals surface area (Å²) in [7, 11) is 0. The summed E-state index contributed by atoms with van der Waals surface area (Å²) >= 11 is 6.11. The molecule has 0 spiro atoms. The van der Waals surface area contributed by atoms with Crippen LogP contribution in [0.3, 0.4) is 0 Å². The molecule has 0 radical (unpaired) electrons. The van der Waals surface area contributed by atoms with Crippen LogP contribution < -0.4 is 20.8 Å². The van der Waals surface area contributed by atoms with Crippen molar-refractivity contribution in [2.45, 2.75) is 6.04 Å². The maximum Gasteiger partial charge on any atom is 0.295 e. The van der Waals surface area contributed by atoms with Crippen LogP contribution in [-0.2, 0) is 4.79 Å². The molecule has 8 heteroatoms. The lowest BCUT2D eigenvalue weighted by atomic mass is 9.98. The zero-order valence-electron chi connectivity index (χ0n) is 17.2. The predicted octanol–water partition coefficient (Wildman–Crippen LogP) is 4.06. The molecule has 0 bridgehead atoms. The van der Waals surface area contributed by atoms with E-state index < -0.39 is 17.9 Å². The topological polar surface area (TPSA) is 103 Å². The summed E-state index contributed by atoms with van der Waals surface area (Å²) in [6.07, 6.45) is 0. The Balaban J connectivity index is 1.69. The van der Waals surface area contributed by atoms with Crippen LogP contribution in [0.15, 0.2) is 82.0 Å². The molecular weight excluding hydrogens is 444 g/mol. The van der Waals surface area contributed by atoms with Gasteiger partial charge >= 0.3 is 0 Å². The standard InChI is InChI=1S/C25H17ClN2O5/c26-15-8-11-19-18(12-15)23(30)21-22(14-6-9-17(10-7-14)32-13-20(27)29)28(25(31)24(21)33-19)16-4-2-1-3-5-16/h1-12,22H,13H2,(H2,27,29). The van der Waals surface area contributed by atoms with Crippen molar-refractivity contribution in [2.75, 3.05) is 11.5 Å². The summed E-state index contributed by atoms with van der Waals surface area (Å²) in [6.45, 7) is -0.253. The Labute approximate surface area is 192 Å². The molecule has 0 fully saturated rings. The third kappa shape index (κ3) is 3.62. The Bertz CT molecular complexity index is 1450. The van der Waals surface area contributed by atoms with Crippen LogP contribution in [0, 0.1) is 0 Å². The number of halogens is 1. The number of carbonyl (C=O) groups is 2. The molecule has 1 aromatic heterocycles. The predicted molar refractivity (Wildman–Crippen MR) is 124 cm³/mol. The molecule has 4 aromatic rings. The zero-order chi connectivity index (χ0) is 23.1. The Hall–Kier alpha value is -4.10. The van der Waals surface area contributed by atoms with Crippen molar-refractivity contribution in [1.29, 1.82) is 0 Å². The van der Waals surface area contributed by atoms with Gasteiger partial charge in [-0.3, -0.25) is 19.3 Å². The van der Waals surface area contributed by atoms with Crippen LogP contribution in [0.25, 0.3) is 11.0 Å². The molecule has 0 saturated carbocycles. The molecule has 33 heavy (non-hydrogen) atoms. The van der Waals surface area contributed by atoms with Gasteiger partial charge in [-0.2, -0.15) is 0 Å². The molecule has 5 rings (SSSR count). The highest BCUT2D eigenvalue weighted by Crippen LogP contribution is 2.41. The highest BCUT2D eigenvalue weighted by molar-refractivity contribution is 6.31. The van der Waals surface area contributed by atoms with Gasteiger partial charge in [-0.25, -0.2) is 0 Å². The summed E-state index contributed by atoms with van der Waals surface area (Å²) < 4.78 is 11.3. The Morgan fingerprint density at radius 3 is 2.45 bits per heavy atom.